The molecule has 3 rings (SSSR count). The summed E-state index contributed by atoms with van der Waals surface area (Å²) in [5.41, 5.74) is 1.46. The molecule has 1 N–H and O–H groups in total. The minimum atomic E-state index is -0.532. The zero-order chi connectivity index (χ0) is 18.7. The zero-order valence-electron chi connectivity index (χ0n) is 13.9. The first-order chi connectivity index (χ1) is 12.4. The predicted octanol–water partition coefficient (Wildman–Crippen LogP) is 2.66. The molecule has 5 nitrogen and oxygen atoms in total. The van der Waals surface area contributed by atoms with Crippen LogP contribution < -0.4 is 10.1 Å². The Hall–Kier alpha value is -3.06. The number of carbonyl (C=O) groups excluding carboxylic acids is 2. The summed E-state index contributed by atoms with van der Waals surface area (Å²) in [6.45, 7) is 0.275. The van der Waals surface area contributed by atoms with Gasteiger partial charge in [-0.1, -0.05) is 24.3 Å². The summed E-state index contributed by atoms with van der Waals surface area (Å²) in [6.07, 6.45) is 1.49. The van der Waals surface area contributed by atoms with Gasteiger partial charge in [-0.3, -0.25) is 19.8 Å². The average molecular weight is 370 g/mol. The number of hydrogen-bond acceptors (Lipinski definition) is 4. The highest BCUT2D eigenvalue weighted by Gasteiger charge is 2.30. The van der Waals surface area contributed by atoms with E-state index in [0.717, 1.165) is 5.56 Å². The van der Waals surface area contributed by atoms with Crippen molar-refractivity contribution in [2.75, 3.05) is 7.05 Å². The molecule has 1 fully saturated rings. The number of likely N-dealkylation sites (N-methyl/N-ethyl adjacent to an activating group) is 1. The summed E-state index contributed by atoms with van der Waals surface area (Å²) in [6, 6.07) is 13.0. The van der Waals surface area contributed by atoms with Gasteiger partial charge in [-0.2, -0.15) is 0 Å². The zero-order valence-corrected chi connectivity index (χ0v) is 14.7. The molecule has 132 valence electrons. The fourth-order valence-corrected chi connectivity index (χ4v) is 2.53. The van der Waals surface area contributed by atoms with E-state index in [1.54, 1.807) is 36.4 Å². The van der Waals surface area contributed by atoms with Gasteiger partial charge < -0.3 is 4.74 Å². The van der Waals surface area contributed by atoms with Crippen LogP contribution >= 0.6 is 12.2 Å². The van der Waals surface area contributed by atoms with Crippen molar-refractivity contribution >= 4 is 35.2 Å². The number of amides is 2. The summed E-state index contributed by atoms with van der Waals surface area (Å²) < 4.78 is 18.6. The van der Waals surface area contributed by atoms with Crippen LogP contribution in [0.2, 0.25) is 0 Å². The number of ether oxygens (including phenoxy) is 1. The molecule has 2 aromatic carbocycles. The van der Waals surface area contributed by atoms with E-state index >= 15 is 0 Å². The van der Waals surface area contributed by atoms with E-state index in [1.807, 2.05) is 0 Å². The van der Waals surface area contributed by atoms with E-state index < -0.39 is 11.8 Å². The van der Waals surface area contributed by atoms with Crippen LogP contribution in [0.1, 0.15) is 11.1 Å². The van der Waals surface area contributed by atoms with Crippen molar-refractivity contribution in [2.24, 2.45) is 0 Å². The second kappa shape index (κ2) is 7.45. The van der Waals surface area contributed by atoms with E-state index in [4.69, 9.17) is 17.0 Å². The molecular weight excluding hydrogens is 355 g/mol. The van der Waals surface area contributed by atoms with Crippen molar-refractivity contribution in [2.45, 2.75) is 6.61 Å². The van der Waals surface area contributed by atoms with Gasteiger partial charge in [0.2, 0.25) is 0 Å². The molecule has 1 heterocycles. The van der Waals surface area contributed by atoms with Gasteiger partial charge in [-0.15, -0.1) is 0 Å². The Morgan fingerprint density at radius 1 is 1.19 bits per heavy atom. The summed E-state index contributed by atoms with van der Waals surface area (Å²) in [5, 5.41) is 2.54. The smallest absolute Gasteiger partial charge is 0.265 e. The van der Waals surface area contributed by atoms with Crippen LogP contribution in [0.3, 0.4) is 0 Å². The van der Waals surface area contributed by atoms with Crippen molar-refractivity contribution < 1.29 is 18.7 Å². The van der Waals surface area contributed by atoms with Gasteiger partial charge in [0.15, 0.2) is 5.11 Å². The van der Waals surface area contributed by atoms with E-state index in [0.29, 0.717) is 11.3 Å². The molecule has 26 heavy (non-hydrogen) atoms. The second-order valence-electron chi connectivity index (χ2n) is 5.67. The van der Waals surface area contributed by atoms with Crippen molar-refractivity contribution in [3.63, 3.8) is 0 Å². The molecule has 0 aliphatic carbocycles. The lowest BCUT2D eigenvalue weighted by Gasteiger charge is -2.25. The third kappa shape index (κ3) is 3.94. The number of rotatable bonds is 4. The van der Waals surface area contributed by atoms with Crippen LogP contribution in [0, 0.1) is 5.82 Å². The molecule has 0 aromatic heterocycles. The maximum absolute atomic E-state index is 12.9. The molecule has 0 radical (unpaired) electrons. The van der Waals surface area contributed by atoms with Crippen LogP contribution in [-0.2, 0) is 16.2 Å². The molecule has 0 spiro atoms. The van der Waals surface area contributed by atoms with Crippen molar-refractivity contribution in [1.82, 2.24) is 10.2 Å². The van der Waals surface area contributed by atoms with Crippen molar-refractivity contribution in [3.8, 4) is 5.75 Å². The topological polar surface area (TPSA) is 58.6 Å². The van der Waals surface area contributed by atoms with Crippen molar-refractivity contribution in [3.05, 3.63) is 71.0 Å². The highest BCUT2D eigenvalue weighted by molar-refractivity contribution is 7.80. The number of carbonyl (C=O) groups is 2. The third-order valence-electron chi connectivity index (χ3n) is 3.79. The van der Waals surface area contributed by atoms with Gasteiger partial charge in [0.25, 0.3) is 11.8 Å². The highest BCUT2D eigenvalue weighted by Crippen LogP contribution is 2.19. The normalized spacial score (nSPS) is 16.0. The van der Waals surface area contributed by atoms with Gasteiger partial charge in [0.05, 0.1) is 0 Å². The van der Waals surface area contributed by atoms with Crippen LogP contribution in [0.25, 0.3) is 6.08 Å². The quantitative estimate of drug-likeness (QED) is 0.511. The Labute approximate surface area is 155 Å². The Morgan fingerprint density at radius 3 is 2.65 bits per heavy atom. The summed E-state index contributed by atoms with van der Waals surface area (Å²) >= 11 is 4.91. The van der Waals surface area contributed by atoms with Crippen LogP contribution in [0.4, 0.5) is 4.39 Å². The van der Waals surface area contributed by atoms with Gasteiger partial charge in [0, 0.05) is 7.05 Å². The SMILES string of the molecule is CN1C(=O)C(=Cc2cccc(OCc3ccc(F)cc3)c2)C(=O)NC1=S. The highest BCUT2D eigenvalue weighted by atomic mass is 32.1. The van der Waals surface area contributed by atoms with Gasteiger partial charge in [-0.05, 0) is 53.7 Å². The van der Waals surface area contributed by atoms with E-state index in [2.05, 4.69) is 5.32 Å². The molecule has 1 aliphatic rings. The molecule has 2 aromatic rings. The maximum Gasteiger partial charge on any atom is 0.265 e. The summed E-state index contributed by atoms with van der Waals surface area (Å²) in [7, 11) is 1.50. The first-order valence-electron chi connectivity index (χ1n) is 7.76. The first kappa shape index (κ1) is 17.8. The van der Waals surface area contributed by atoms with Crippen LogP contribution in [0.15, 0.2) is 54.1 Å². The minimum Gasteiger partial charge on any atom is -0.489 e. The number of hydrogen-bond donors (Lipinski definition) is 1. The summed E-state index contributed by atoms with van der Waals surface area (Å²) in [4.78, 5) is 25.4. The summed E-state index contributed by atoms with van der Waals surface area (Å²) in [5.74, 6) is -0.731. The first-order valence-corrected chi connectivity index (χ1v) is 8.17. The maximum atomic E-state index is 12.9. The van der Waals surface area contributed by atoms with Crippen LogP contribution in [0.5, 0.6) is 5.75 Å². The number of halogens is 1. The molecule has 1 aliphatic heterocycles. The number of nitrogens with one attached hydrogen (secondary N) is 1. The molecule has 0 bridgehead atoms. The molecular formula is C19H15FN2O3S. The molecule has 2 amide bonds. The third-order valence-corrected chi connectivity index (χ3v) is 4.17. The Balaban J connectivity index is 1.76. The monoisotopic (exact) mass is 370 g/mol. The Kier molecular flexibility index (Phi) is 5.09. The molecule has 1 saturated heterocycles. The second-order valence-corrected chi connectivity index (χ2v) is 6.06. The van der Waals surface area contributed by atoms with Gasteiger partial charge >= 0.3 is 0 Å². The molecule has 0 unspecified atom stereocenters. The molecule has 0 saturated carbocycles. The van der Waals surface area contributed by atoms with Gasteiger partial charge in [0.1, 0.15) is 23.7 Å². The molecule has 7 heteroatoms. The average Bonchev–Trinajstić information content (AvgIpc) is 2.63. The lowest BCUT2D eigenvalue weighted by molar-refractivity contribution is -0.128. The van der Waals surface area contributed by atoms with E-state index in [1.165, 1.54) is 30.2 Å². The van der Waals surface area contributed by atoms with Gasteiger partial charge in [-0.25, -0.2) is 4.39 Å². The fraction of sp³-hybridized carbons (Fsp3) is 0.105. The standard InChI is InChI=1S/C19H15FN2O3S/c1-22-18(24)16(17(23)21-19(22)26)10-13-3-2-4-15(9-13)25-11-12-5-7-14(20)8-6-12/h2-10H,11H2,1H3,(H,21,23,26). The number of benzene rings is 2. The Bertz CT molecular complexity index is 909. The van der Waals surface area contributed by atoms with Crippen LogP contribution in [-0.4, -0.2) is 28.9 Å². The lowest BCUT2D eigenvalue weighted by Crippen LogP contribution is -2.52. The largest absolute Gasteiger partial charge is 0.489 e. The van der Waals surface area contributed by atoms with Crippen molar-refractivity contribution in [1.29, 1.82) is 0 Å². The minimum absolute atomic E-state index is 0.00298. The number of nitrogens with zero attached hydrogens (tertiary/aromatic N) is 1. The lowest BCUT2D eigenvalue weighted by atomic mass is 10.1. The molecule has 0 atom stereocenters. The number of thiocarbonyl (C=S) groups is 1. The van der Waals surface area contributed by atoms with E-state index in [9.17, 15) is 14.0 Å². The Morgan fingerprint density at radius 2 is 1.92 bits per heavy atom. The van der Waals surface area contributed by atoms with E-state index in [-0.39, 0.29) is 23.1 Å². The predicted molar refractivity (Wildman–Crippen MR) is 98.7 cm³/mol. The fourth-order valence-electron chi connectivity index (χ4n) is 2.35.